The van der Waals surface area contributed by atoms with Gasteiger partial charge in [0.05, 0.1) is 6.61 Å². The number of rotatable bonds is 41. The Balaban J connectivity index is 3.73. The van der Waals surface area contributed by atoms with E-state index in [1.807, 2.05) is 0 Å². The van der Waals surface area contributed by atoms with E-state index < -0.39 is 32.5 Å². The first-order valence-electron chi connectivity index (χ1n) is 22.0. The van der Waals surface area contributed by atoms with Gasteiger partial charge in [-0.15, -0.1) is 0 Å². The van der Waals surface area contributed by atoms with Gasteiger partial charge in [-0.25, -0.2) is 4.57 Å². The summed E-state index contributed by atoms with van der Waals surface area (Å²) in [5.41, 5.74) is 0. The highest BCUT2D eigenvalue weighted by atomic mass is 31.2. The molecule has 0 radical (unpaired) electrons. The predicted molar refractivity (Wildman–Crippen MR) is 216 cm³/mol. The van der Waals surface area contributed by atoms with Crippen LogP contribution in [-0.2, 0) is 28.2 Å². The molecule has 0 aliphatic heterocycles. The highest BCUT2D eigenvalue weighted by molar-refractivity contribution is 7.46. The average Bonchev–Trinajstić information content (AvgIpc) is 3.11. The molecule has 0 heterocycles. The van der Waals surface area contributed by atoms with Gasteiger partial charge < -0.3 is 19.3 Å². The van der Waals surface area contributed by atoms with Crippen LogP contribution in [0.4, 0.5) is 0 Å². The maximum atomic E-state index is 12.3. The minimum Gasteiger partial charge on any atom is -0.462 e. The third-order valence-corrected chi connectivity index (χ3v) is 10.3. The summed E-state index contributed by atoms with van der Waals surface area (Å²) in [6.45, 7) is 3.63. The summed E-state index contributed by atoms with van der Waals surface area (Å²) in [4.78, 5) is 42.7. The van der Waals surface area contributed by atoms with Crippen LogP contribution >= 0.6 is 7.82 Å². The molecule has 2 N–H and O–H groups in total. The SMILES string of the molecule is CCC/C=C\CCCCCCCC(=O)OC(COC(=O)CCCCCCCCCCCCCCCCCCCCCCCCCC)COP(=O)(O)O. The quantitative estimate of drug-likeness (QED) is 0.0274. The summed E-state index contributed by atoms with van der Waals surface area (Å²) in [6, 6.07) is 0. The van der Waals surface area contributed by atoms with E-state index in [-0.39, 0.29) is 19.4 Å². The predicted octanol–water partition coefficient (Wildman–Crippen LogP) is 13.4. The van der Waals surface area contributed by atoms with Crippen LogP contribution in [0.25, 0.3) is 0 Å². The molecule has 0 rings (SSSR count). The lowest BCUT2D eigenvalue weighted by molar-refractivity contribution is -0.161. The third-order valence-electron chi connectivity index (χ3n) is 9.77. The van der Waals surface area contributed by atoms with Gasteiger partial charge in [-0.05, 0) is 32.1 Å². The fourth-order valence-electron chi connectivity index (χ4n) is 6.50. The highest BCUT2D eigenvalue weighted by Gasteiger charge is 2.22. The molecule has 0 aliphatic carbocycles. The third kappa shape index (κ3) is 41.5. The summed E-state index contributed by atoms with van der Waals surface area (Å²) in [7, 11) is -4.75. The maximum Gasteiger partial charge on any atom is 0.469 e. The zero-order valence-corrected chi connectivity index (χ0v) is 34.9. The molecule has 1 unspecified atom stereocenters. The molecule has 9 heteroatoms. The van der Waals surface area contributed by atoms with E-state index in [2.05, 4.69) is 30.5 Å². The minimum absolute atomic E-state index is 0.205. The largest absolute Gasteiger partial charge is 0.469 e. The molecule has 0 amide bonds. The van der Waals surface area contributed by atoms with Gasteiger partial charge in [0, 0.05) is 12.8 Å². The second-order valence-electron chi connectivity index (χ2n) is 15.0. The number of unbranched alkanes of at least 4 members (excludes halogenated alkanes) is 29. The fraction of sp³-hybridized carbons (Fsp3) is 0.907. The van der Waals surface area contributed by atoms with Gasteiger partial charge in [-0.3, -0.25) is 14.1 Å². The van der Waals surface area contributed by atoms with Crippen molar-refractivity contribution in [3.63, 3.8) is 0 Å². The normalized spacial score (nSPS) is 12.5. The second-order valence-corrected chi connectivity index (χ2v) is 16.3. The standard InChI is InChI=1S/C43H83O8P/c1-3-5-7-9-11-13-15-16-17-18-19-20-21-22-23-24-25-26-27-28-30-31-33-35-37-42(44)49-39-41(40-50-52(46,47)48)51-43(45)38-36-34-32-29-14-12-10-8-6-4-2/h8,10,41H,3-7,9,11-40H2,1-2H3,(H2,46,47,48)/b10-8-. The van der Waals surface area contributed by atoms with Crippen molar-refractivity contribution in [3.05, 3.63) is 12.2 Å². The fourth-order valence-corrected chi connectivity index (χ4v) is 6.86. The molecule has 308 valence electrons. The smallest absolute Gasteiger partial charge is 0.462 e. The van der Waals surface area contributed by atoms with Crippen LogP contribution in [0.1, 0.15) is 232 Å². The van der Waals surface area contributed by atoms with Crippen molar-refractivity contribution in [1.29, 1.82) is 0 Å². The number of ether oxygens (including phenoxy) is 2. The molecule has 0 fully saturated rings. The van der Waals surface area contributed by atoms with Crippen LogP contribution in [-0.4, -0.2) is 41.0 Å². The lowest BCUT2D eigenvalue weighted by Crippen LogP contribution is -2.29. The lowest BCUT2D eigenvalue weighted by Gasteiger charge is -2.18. The van der Waals surface area contributed by atoms with Gasteiger partial charge >= 0.3 is 19.8 Å². The Morgan fingerprint density at radius 1 is 0.481 bits per heavy atom. The zero-order chi connectivity index (χ0) is 38.2. The summed E-state index contributed by atoms with van der Waals surface area (Å²) in [5, 5.41) is 0. The number of carbonyl (C=O) groups is 2. The van der Waals surface area contributed by atoms with Crippen LogP contribution in [0.2, 0.25) is 0 Å². The number of phosphoric ester groups is 1. The molecule has 8 nitrogen and oxygen atoms in total. The monoisotopic (exact) mass is 759 g/mol. The van der Waals surface area contributed by atoms with E-state index >= 15 is 0 Å². The number of carbonyl (C=O) groups excluding carboxylic acids is 2. The first-order valence-corrected chi connectivity index (χ1v) is 23.5. The molecule has 0 saturated heterocycles. The van der Waals surface area contributed by atoms with Crippen LogP contribution in [0.5, 0.6) is 0 Å². The average molecular weight is 759 g/mol. The lowest BCUT2D eigenvalue weighted by atomic mass is 10.0. The first-order chi connectivity index (χ1) is 25.3. The molecule has 52 heavy (non-hydrogen) atoms. The Kier molecular flexibility index (Phi) is 38.6. The number of phosphoric acid groups is 1. The minimum atomic E-state index is -4.75. The molecule has 0 spiro atoms. The van der Waals surface area contributed by atoms with Gasteiger partial charge in [-0.2, -0.15) is 0 Å². The van der Waals surface area contributed by atoms with Crippen molar-refractivity contribution < 1.29 is 37.9 Å². The van der Waals surface area contributed by atoms with E-state index in [0.717, 1.165) is 57.8 Å². The molecule has 0 aromatic rings. The van der Waals surface area contributed by atoms with Gasteiger partial charge in [-0.1, -0.05) is 199 Å². The molecule has 0 aromatic carbocycles. The van der Waals surface area contributed by atoms with Gasteiger partial charge in [0.1, 0.15) is 6.61 Å². The van der Waals surface area contributed by atoms with Gasteiger partial charge in [0.2, 0.25) is 0 Å². The van der Waals surface area contributed by atoms with Crippen molar-refractivity contribution in [2.75, 3.05) is 13.2 Å². The van der Waals surface area contributed by atoms with Gasteiger partial charge in [0.15, 0.2) is 6.10 Å². The molecule has 0 bridgehead atoms. The molecule has 1 atom stereocenters. The molecular weight excluding hydrogens is 675 g/mol. The molecular formula is C43H83O8P. The second kappa shape index (κ2) is 39.5. The Hall–Kier alpha value is -1.21. The van der Waals surface area contributed by atoms with E-state index in [4.69, 9.17) is 19.3 Å². The Morgan fingerprint density at radius 2 is 0.846 bits per heavy atom. The Labute approximate surface area is 320 Å². The summed E-state index contributed by atoms with van der Waals surface area (Å²) in [6.07, 6.45) is 43.9. The van der Waals surface area contributed by atoms with Crippen LogP contribution in [0, 0.1) is 0 Å². The van der Waals surface area contributed by atoms with E-state index in [1.165, 1.54) is 141 Å². The first kappa shape index (κ1) is 50.8. The highest BCUT2D eigenvalue weighted by Crippen LogP contribution is 2.36. The van der Waals surface area contributed by atoms with Crippen LogP contribution in [0.15, 0.2) is 12.2 Å². The van der Waals surface area contributed by atoms with E-state index in [1.54, 1.807) is 0 Å². The Bertz CT molecular complexity index is 858. The van der Waals surface area contributed by atoms with Crippen LogP contribution in [0.3, 0.4) is 0 Å². The van der Waals surface area contributed by atoms with Crippen molar-refractivity contribution in [1.82, 2.24) is 0 Å². The van der Waals surface area contributed by atoms with Gasteiger partial charge in [0.25, 0.3) is 0 Å². The summed E-state index contributed by atoms with van der Waals surface area (Å²) >= 11 is 0. The van der Waals surface area contributed by atoms with E-state index in [0.29, 0.717) is 6.42 Å². The number of hydrogen-bond donors (Lipinski definition) is 2. The number of esters is 2. The molecule has 0 saturated carbocycles. The van der Waals surface area contributed by atoms with Crippen molar-refractivity contribution in [3.8, 4) is 0 Å². The van der Waals surface area contributed by atoms with E-state index in [9.17, 15) is 14.2 Å². The summed E-state index contributed by atoms with van der Waals surface area (Å²) in [5.74, 6) is -0.886. The molecule has 0 aromatic heterocycles. The number of hydrogen-bond acceptors (Lipinski definition) is 6. The van der Waals surface area contributed by atoms with Crippen molar-refractivity contribution >= 4 is 19.8 Å². The maximum absolute atomic E-state index is 12.3. The number of allylic oxidation sites excluding steroid dienone is 2. The van der Waals surface area contributed by atoms with Crippen LogP contribution < -0.4 is 0 Å². The zero-order valence-electron chi connectivity index (χ0n) is 34.0. The molecule has 0 aliphatic rings. The Morgan fingerprint density at radius 3 is 1.25 bits per heavy atom. The van der Waals surface area contributed by atoms with Crippen molar-refractivity contribution in [2.45, 2.75) is 238 Å². The van der Waals surface area contributed by atoms with Crippen molar-refractivity contribution in [2.24, 2.45) is 0 Å². The summed E-state index contributed by atoms with van der Waals surface area (Å²) < 4.78 is 26.3. The topological polar surface area (TPSA) is 119 Å².